The highest BCUT2D eigenvalue weighted by atomic mass is 19.4. The lowest BCUT2D eigenvalue weighted by molar-refractivity contribution is -0.0800. The summed E-state index contributed by atoms with van der Waals surface area (Å²) in [6, 6.07) is 0. The van der Waals surface area contributed by atoms with E-state index >= 15 is 0 Å². The van der Waals surface area contributed by atoms with Crippen LogP contribution < -0.4 is 0 Å². The summed E-state index contributed by atoms with van der Waals surface area (Å²) in [5.41, 5.74) is 0. The molecule has 0 aromatic rings. The van der Waals surface area contributed by atoms with Gasteiger partial charge in [0.25, 0.3) is 0 Å². The number of hydrogen-bond donors (Lipinski definition) is 0. The van der Waals surface area contributed by atoms with Gasteiger partial charge in [0, 0.05) is 6.08 Å². The molecule has 0 nitrogen and oxygen atoms in total. The van der Waals surface area contributed by atoms with Crippen molar-refractivity contribution in [2.75, 3.05) is 0 Å². The van der Waals surface area contributed by atoms with Gasteiger partial charge >= 0.3 is 6.18 Å². The van der Waals surface area contributed by atoms with Gasteiger partial charge in [0.15, 0.2) is 0 Å². The molecule has 0 N–H and O–H groups in total. The summed E-state index contributed by atoms with van der Waals surface area (Å²) >= 11 is 0. The molecule has 3 heteroatoms. The molecule has 0 saturated carbocycles. The van der Waals surface area contributed by atoms with Gasteiger partial charge < -0.3 is 0 Å². The highest BCUT2D eigenvalue weighted by molar-refractivity contribution is 4.90. The molecule has 11 heavy (non-hydrogen) atoms. The molecule has 0 unspecified atom stereocenters. The molecule has 0 aliphatic heterocycles. The van der Waals surface area contributed by atoms with Crippen molar-refractivity contribution in [3.05, 3.63) is 24.3 Å². The van der Waals surface area contributed by atoms with Crippen LogP contribution in [-0.4, -0.2) is 6.18 Å². The van der Waals surface area contributed by atoms with Gasteiger partial charge in [-0.2, -0.15) is 13.2 Å². The lowest BCUT2D eigenvalue weighted by atomic mass is 10.3. The largest absolute Gasteiger partial charge is 0.409 e. The zero-order valence-electron chi connectivity index (χ0n) is 6.36. The van der Waals surface area contributed by atoms with Gasteiger partial charge in [-0.25, -0.2) is 0 Å². The molecule has 0 radical (unpaired) electrons. The average Bonchev–Trinajstić information content (AvgIpc) is 1.85. The number of allylic oxidation sites excluding steroid dienone is 4. The number of unbranched alkanes of at least 4 members (excludes halogenated alkanes) is 1. The summed E-state index contributed by atoms with van der Waals surface area (Å²) in [5, 5.41) is 0. The predicted molar refractivity (Wildman–Crippen MR) is 39.2 cm³/mol. The molecule has 0 rings (SSSR count). The Morgan fingerprint density at radius 2 is 1.64 bits per heavy atom. The van der Waals surface area contributed by atoms with Crippen molar-refractivity contribution in [3.63, 3.8) is 0 Å². The van der Waals surface area contributed by atoms with Gasteiger partial charge in [0.2, 0.25) is 0 Å². The maximum atomic E-state index is 11.5. The third kappa shape index (κ3) is 9.27. The van der Waals surface area contributed by atoms with E-state index in [0.717, 1.165) is 6.08 Å². The summed E-state index contributed by atoms with van der Waals surface area (Å²) in [6.45, 7) is 1.84. The van der Waals surface area contributed by atoms with Crippen LogP contribution in [0.25, 0.3) is 0 Å². The summed E-state index contributed by atoms with van der Waals surface area (Å²) in [5.74, 6) is 0. The van der Waals surface area contributed by atoms with Crippen LogP contribution in [0.1, 0.15) is 19.8 Å². The van der Waals surface area contributed by atoms with Crippen molar-refractivity contribution in [1.29, 1.82) is 0 Å². The van der Waals surface area contributed by atoms with Crippen LogP contribution in [0, 0.1) is 0 Å². The molecule has 64 valence electrons. The molecular weight excluding hydrogens is 153 g/mol. The fourth-order valence-electron chi connectivity index (χ4n) is 0.576. The van der Waals surface area contributed by atoms with Crippen LogP contribution in [0.4, 0.5) is 13.2 Å². The maximum absolute atomic E-state index is 11.5. The zero-order chi connectivity index (χ0) is 8.74. The standard InChI is InChI=1S/C8H11F3/c1-2-3-4-5-6-7-8(9,10)11/h2-3,6-7H,4-5H2,1H3/b3-2+,7-6+. The molecule has 0 spiro atoms. The van der Waals surface area contributed by atoms with Gasteiger partial charge in [-0.3, -0.25) is 0 Å². The van der Waals surface area contributed by atoms with E-state index in [9.17, 15) is 13.2 Å². The number of alkyl halides is 3. The summed E-state index contributed by atoms with van der Waals surface area (Å²) in [7, 11) is 0. The lowest BCUT2D eigenvalue weighted by Crippen LogP contribution is -2.00. The van der Waals surface area contributed by atoms with E-state index in [-0.39, 0.29) is 6.08 Å². The van der Waals surface area contributed by atoms with Crippen molar-refractivity contribution >= 4 is 0 Å². The monoisotopic (exact) mass is 164 g/mol. The van der Waals surface area contributed by atoms with Crippen LogP contribution >= 0.6 is 0 Å². The average molecular weight is 164 g/mol. The highest BCUT2D eigenvalue weighted by Gasteiger charge is 2.21. The van der Waals surface area contributed by atoms with E-state index < -0.39 is 6.18 Å². The SMILES string of the molecule is C/C=C/CC/C=C/C(F)(F)F. The molecule has 0 fully saturated rings. The molecule has 0 heterocycles. The van der Waals surface area contributed by atoms with Crippen LogP contribution in [0.2, 0.25) is 0 Å². The summed E-state index contributed by atoms with van der Waals surface area (Å²) in [4.78, 5) is 0. The minimum Gasteiger partial charge on any atom is -0.167 e. The highest BCUT2D eigenvalue weighted by Crippen LogP contribution is 2.16. The quantitative estimate of drug-likeness (QED) is 0.442. The van der Waals surface area contributed by atoms with Crippen molar-refractivity contribution in [2.45, 2.75) is 25.9 Å². The second-order valence-electron chi connectivity index (χ2n) is 2.09. The van der Waals surface area contributed by atoms with E-state index in [4.69, 9.17) is 0 Å². The molecule has 0 aliphatic rings. The second-order valence-corrected chi connectivity index (χ2v) is 2.09. The number of rotatable bonds is 3. The van der Waals surface area contributed by atoms with Gasteiger partial charge in [-0.1, -0.05) is 18.2 Å². The number of hydrogen-bond acceptors (Lipinski definition) is 0. The molecule has 0 aromatic carbocycles. The van der Waals surface area contributed by atoms with Gasteiger partial charge in [0.05, 0.1) is 0 Å². The van der Waals surface area contributed by atoms with Crippen molar-refractivity contribution in [3.8, 4) is 0 Å². The first-order chi connectivity index (χ1) is 5.06. The third-order valence-electron chi connectivity index (χ3n) is 1.04. The smallest absolute Gasteiger partial charge is 0.167 e. The molecular formula is C8H11F3. The first-order valence-corrected chi connectivity index (χ1v) is 3.42. The van der Waals surface area contributed by atoms with Crippen LogP contribution in [0.15, 0.2) is 24.3 Å². The lowest BCUT2D eigenvalue weighted by Gasteiger charge is -1.95. The second kappa shape index (κ2) is 4.99. The Morgan fingerprint density at radius 1 is 1.09 bits per heavy atom. The Kier molecular flexibility index (Phi) is 4.66. The summed E-state index contributed by atoms with van der Waals surface area (Å²) in [6.07, 6.45) is 2.03. The molecule has 0 saturated heterocycles. The Balaban J connectivity index is 3.45. The number of halogens is 3. The Bertz CT molecular complexity index is 142. The first kappa shape index (κ1) is 10.3. The Hall–Kier alpha value is -0.730. The molecule has 0 aromatic heterocycles. The first-order valence-electron chi connectivity index (χ1n) is 3.42. The molecule has 0 atom stereocenters. The topological polar surface area (TPSA) is 0 Å². The van der Waals surface area contributed by atoms with E-state index in [0.29, 0.717) is 12.8 Å². The van der Waals surface area contributed by atoms with E-state index in [1.165, 1.54) is 0 Å². The fraction of sp³-hybridized carbons (Fsp3) is 0.500. The van der Waals surface area contributed by atoms with Gasteiger partial charge in [-0.15, -0.1) is 0 Å². The van der Waals surface area contributed by atoms with Crippen LogP contribution in [-0.2, 0) is 0 Å². The van der Waals surface area contributed by atoms with Gasteiger partial charge in [-0.05, 0) is 19.8 Å². The maximum Gasteiger partial charge on any atom is 0.409 e. The zero-order valence-corrected chi connectivity index (χ0v) is 6.36. The third-order valence-corrected chi connectivity index (χ3v) is 1.04. The fourth-order valence-corrected chi connectivity index (χ4v) is 0.576. The molecule has 0 aliphatic carbocycles. The van der Waals surface area contributed by atoms with E-state index in [1.54, 1.807) is 0 Å². The van der Waals surface area contributed by atoms with Crippen molar-refractivity contribution in [2.24, 2.45) is 0 Å². The molecule has 0 bridgehead atoms. The normalized spacial score (nSPS) is 13.5. The minimum atomic E-state index is -4.16. The van der Waals surface area contributed by atoms with Crippen LogP contribution in [0.5, 0.6) is 0 Å². The minimum absolute atomic E-state index is 0.274. The van der Waals surface area contributed by atoms with Crippen molar-refractivity contribution < 1.29 is 13.2 Å². The van der Waals surface area contributed by atoms with Gasteiger partial charge in [0.1, 0.15) is 0 Å². The Labute approximate surface area is 64.4 Å². The van der Waals surface area contributed by atoms with Crippen molar-refractivity contribution in [1.82, 2.24) is 0 Å². The van der Waals surface area contributed by atoms with Crippen LogP contribution in [0.3, 0.4) is 0 Å². The van der Waals surface area contributed by atoms with E-state index in [1.807, 2.05) is 19.1 Å². The predicted octanol–water partition coefficient (Wildman–Crippen LogP) is 3.46. The molecule has 0 amide bonds. The van der Waals surface area contributed by atoms with E-state index in [2.05, 4.69) is 0 Å². The Morgan fingerprint density at radius 3 is 2.09 bits per heavy atom. The summed E-state index contributed by atoms with van der Waals surface area (Å²) < 4.78 is 34.4.